The van der Waals surface area contributed by atoms with Gasteiger partial charge in [-0.05, 0) is 19.1 Å². The highest BCUT2D eigenvalue weighted by Gasteiger charge is 2.09. The molecule has 88 valence electrons. The molecule has 2 rings (SSSR count). The first-order valence-corrected chi connectivity index (χ1v) is 5.38. The summed E-state index contributed by atoms with van der Waals surface area (Å²) in [7, 11) is 0. The number of carbonyl (C=O) groups is 1. The molecule has 0 saturated carbocycles. The quantitative estimate of drug-likeness (QED) is 0.878. The fourth-order valence-electron chi connectivity index (χ4n) is 1.64. The Bertz CT molecular complexity index is 539. The third kappa shape index (κ3) is 2.93. The van der Waals surface area contributed by atoms with Crippen LogP contribution in [0.25, 0.3) is 10.9 Å². The summed E-state index contributed by atoms with van der Waals surface area (Å²) >= 11 is 0. The molecule has 17 heavy (non-hydrogen) atoms. The van der Waals surface area contributed by atoms with E-state index in [1.807, 2.05) is 30.3 Å². The van der Waals surface area contributed by atoms with Gasteiger partial charge in [0, 0.05) is 5.39 Å². The van der Waals surface area contributed by atoms with Crippen molar-refractivity contribution < 1.29 is 14.6 Å². The molecule has 1 atom stereocenters. The molecule has 1 N–H and O–H groups in total. The molecule has 1 heterocycles. The Balaban J connectivity index is 2.16. The number of carboxylic acid groups (broad SMARTS) is 1. The van der Waals surface area contributed by atoms with Gasteiger partial charge in [0.05, 0.1) is 18.1 Å². The Morgan fingerprint density at radius 1 is 1.47 bits per heavy atom. The minimum atomic E-state index is -0.869. The van der Waals surface area contributed by atoms with Crippen molar-refractivity contribution in [2.45, 2.75) is 19.4 Å². The number of nitrogens with zero attached hydrogens (tertiary/aromatic N) is 1. The molecule has 0 bridgehead atoms. The van der Waals surface area contributed by atoms with Crippen LogP contribution in [0.15, 0.2) is 36.5 Å². The van der Waals surface area contributed by atoms with E-state index >= 15 is 0 Å². The van der Waals surface area contributed by atoms with Crippen molar-refractivity contribution in [1.82, 2.24) is 4.98 Å². The molecule has 0 fully saturated rings. The lowest BCUT2D eigenvalue weighted by atomic mass is 10.2. The Morgan fingerprint density at radius 3 is 3.00 bits per heavy atom. The zero-order valence-electron chi connectivity index (χ0n) is 9.46. The van der Waals surface area contributed by atoms with E-state index in [2.05, 4.69) is 4.98 Å². The highest BCUT2D eigenvalue weighted by molar-refractivity contribution is 5.79. The average molecular weight is 231 g/mol. The van der Waals surface area contributed by atoms with Gasteiger partial charge in [-0.15, -0.1) is 0 Å². The molecule has 0 radical (unpaired) electrons. The lowest BCUT2D eigenvalue weighted by Crippen LogP contribution is -2.16. The normalized spacial score (nSPS) is 12.3. The zero-order chi connectivity index (χ0) is 12.3. The molecule has 2 aromatic rings. The summed E-state index contributed by atoms with van der Waals surface area (Å²) in [5.74, 6) is -0.274. The molecule has 1 aromatic heterocycles. The maximum absolute atomic E-state index is 10.5. The Labute approximate surface area is 98.9 Å². The maximum Gasteiger partial charge on any atom is 0.307 e. The second kappa shape index (κ2) is 4.82. The number of hydrogen-bond donors (Lipinski definition) is 1. The number of fused-ring (bicyclic) bond motifs is 1. The lowest BCUT2D eigenvalue weighted by molar-refractivity contribution is -0.138. The van der Waals surface area contributed by atoms with Crippen molar-refractivity contribution in [1.29, 1.82) is 0 Å². The van der Waals surface area contributed by atoms with Crippen molar-refractivity contribution in [3.63, 3.8) is 0 Å². The van der Waals surface area contributed by atoms with Gasteiger partial charge in [-0.25, -0.2) is 0 Å². The first-order valence-electron chi connectivity index (χ1n) is 5.38. The maximum atomic E-state index is 10.5. The molecular weight excluding hydrogens is 218 g/mol. The molecule has 4 heteroatoms. The molecule has 0 spiro atoms. The van der Waals surface area contributed by atoms with Gasteiger partial charge in [0.15, 0.2) is 0 Å². The Kier molecular flexibility index (Phi) is 3.23. The fraction of sp³-hybridized carbons (Fsp3) is 0.231. The smallest absolute Gasteiger partial charge is 0.307 e. The van der Waals surface area contributed by atoms with Crippen LogP contribution in [0.5, 0.6) is 5.75 Å². The van der Waals surface area contributed by atoms with Crippen LogP contribution in [0, 0.1) is 0 Å². The van der Waals surface area contributed by atoms with Crippen LogP contribution in [0.2, 0.25) is 0 Å². The minimum Gasteiger partial charge on any atom is -0.488 e. The second-order valence-corrected chi connectivity index (χ2v) is 3.89. The predicted octanol–water partition coefficient (Wildman–Crippen LogP) is 2.48. The highest BCUT2D eigenvalue weighted by Crippen LogP contribution is 2.19. The standard InChI is InChI=1S/C13H13NO3/c1-9(6-13(15)16)17-11-7-10-4-2-3-5-12(10)14-8-11/h2-5,7-9H,6H2,1H3,(H,15,16)/t9-/m0/s1. The SMILES string of the molecule is C[C@@H](CC(=O)O)Oc1cnc2ccccc2c1. The highest BCUT2D eigenvalue weighted by atomic mass is 16.5. The van der Waals surface area contributed by atoms with Crippen LogP contribution in [-0.4, -0.2) is 22.2 Å². The van der Waals surface area contributed by atoms with Gasteiger partial charge < -0.3 is 9.84 Å². The summed E-state index contributed by atoms with van der Waals surface area (Å²) in [4.78, 5) is 14.8. The summed E-state index contributed by atoms with van der Waals surface area (Å²) in [6, 6.07) is 9.56. The number of pyridine rings is 1. The molecule has 4 nitrogen and oxygen atoms in total. The summed E-state index contributed by atoms with van der Waals surface area (Å²) in [5.41, 5.74) is 0.894. The Morgan fingerprint density at radius 2 is 2.24 bits per heavy atom. The van der Waals surface area contributed by atoms with Gasteiger partial charge in [0.2, 0.25) is 0 Å². The molecule has 0 aliphatic rings. The summed E-state index contributed by atoms with van der Waals surface area (Å²) in [6.07, 6.45) is 1.23. The number of carboxylic acids is 1. The van der Waals surface area contributed by atoms with E-state index in [1.165, 1.54) is 0 Å². The predicted molar refractivity (Wildman–Crippen MR) is 64.1 cm³/mol. The van der Waals surface area contributed by atoms with Crippen molar-refractivity contribution >= 4 is 16.9 Å². The van der Waals surface area contributed by atoms with Crippen molar-refractivity contribution in [2.24, 2.45) is 0 Å². The summed E-state index contributed by atoms with van der Waals surface area (Å²) in [6.45, 7) is 1.73. The molecule has 0 amide bonds. The molecule has 1 aromatic carbocycles. The largest absolute Gasteiger partial charge is 0.488 e. The topological polar surface area (TPSA) is 59.4 Å². The van der Waals surface area contributed by atoms with Gasteiger partial charge in [-0.3, -0.25) is 9.78 Å². The van der Waals surface area contributed by atoms with Gasteiger partial charge in [0.1, 0.15) is 11.9 Å². The van der Waals surface area contributed by atoms with E-state index in [1.54, 1.807) is 13.1 Å². The van der Waals surface area contributed by atoms with E-state index in [9.17, 15) is 4.79 Å². The molecule has 0 saturated heterocycles. The Hall–Kier alpha value is -2.10. The van der Waals surface area contributed by atoms with Crippen LogP contribution in [0.3, 0.4) is 0 Å². The lowest BCUT2D eigenvalue weighted by Gasteiger charge is -2.12. The van der Waals surface area contributed by atoms with Crippen LogP contribution >= 0.6 is 0 Å². The van der Waals surface area contributed by atoms with Crippen LogP contribution in [-0.2, 0) is 4.79 Å². The summed E-state index contributed by atoms with van der Waals surface area (Å²) in [5, 5.41) is 9.62. The first kappa shape index (κ1) is 11.4. The van der Waals surface area contributed by atoms with Crippen LogP contribution < -0.4 is 4.74 Å². The first-order chi connectivity index (χ1) is 8.15. The fourth-order valence-corrected chi connectivity index (χ4v) is 1.64. The van der Waals surface area contributed by atoms with Crippen LogP contribution in [0.1, 0.15) is 13.3 Å². The van der Waals surface area contributed by atoms with Crippen molar-refractivity contribution in [3.05, 3.63) is 36.5 Å². The number of hydrogen-bond acceptors (Lipinski definition) is 3. The third-order valence-corrected chi connectivity index (χ3v) is 2.36. The van der Waals surface area contributed by atoms with E-state index in [0.29, 0.717) is 5.75 Å². The van der Waals surface area contributed by atoms with E-state index < -0.39 is 5.97 Å². The number of para-hydroxylation sites is 1. The number of ether oxygens (including phenoxy) is 1. The van der Waals surface area contributed by atoms with Gasteiger partial charge in [-0.1, -0.05) is 18.2 Å². The summed E-state index contributed by atoms with van der Waals surface area (Å²) < 4.78 is 5.49. The molecular formula is C13H13NO3. The van der Waals surface area contributed by atoms with Gasteiger partial charge >= 0.3 is 5.97 Å². The number of aromatic nitrogens is 1. The zero-order valence-corrected chi connectivity index (χ0v) is 9.46. The second-order valence-electron chi connectivity index (χ2n) is 3.89. The van der Waals surface area contributed by atoms with E-state index in [4.69, 9.17) is 9.84 Å². The molecule has 0 aliphatic carbocycles. The van der Waals surface area contributed by atoms with E-state index in [0.717, 1.165) is 10.9 Å². The van der Waals surface area contributed by atoms with Crippen molar-refractivity contribution in [2.75, 3.05) is 0 Å². The monoisotopic (exact) mass is 231 g/mol. The van der Waals surface area contributed by atoms with Gasteiger partial charge in [0.25, 0.3) is 0 Å². The molecule has 0 aliphatic heterocycles. The molecule has 0 unspecified atom stereocenters. The van der Waals surface area contributed by atoms with Crippen LogP contribution in [0.4, 0.5) is 0 Å². The number of benzene rings is 1. The minimum absolute atomic E-state index is 0.0210. The van der Waals surface area contributed by atoms with Crippen molar-refractivity contribution in [3.8, 4) is 5.75 Å². The average Bonchev–Trinajstić information content (AvgIpc) is 2.27. The van der Waals surface area contributed by atoms with Gasteiger partial charge in [-0.2, -0.15) is 0 Å². The number of rotatable bonds is 4. The third-order valence-electron chi connectivity index (χ3n) is 2.36. The van der Waals surface area contributed by atoms with E-state index in [-0.39, 0.29) is 12.5 Å². The number of aliphatic carboxylic acids is 1.